The molecule has 1 heterocycles. The minimum Gasteiger partial charge on any atom is -0.495 e. The number of carboxylic acids is 1. The summed E-state index contributed by atoms with van der Waals surface area (Å²) >= 11 is 1.26. The molecule has 1 aromatic carbocycles. The Kier molecular flexibility index (Phi) is 4.39. The van der Waals surface area contributed by atoms with Gasteiger partial charge >= 0.3 is 5.97 Å². The van der Waals surface area contributed by atoms with Gasteiger partial charge < -0.3 is 20.3 Å². The van der Waals surface area contributed by atoms with E-state index >= 15 is 0 Å². The van der Waals surface area contributed by atoms with Gasteiger partial charge in [0.2, 0.25) is 0 Å². The number of hydrogen-bond donors (Lipinski definition) is 3. The third-order valence-electron chi connectivity index (χ3n) is 3.35. The Morgan fingerprint density at radius 3 is 2.59 bits per heavy atom. The Morgan fingerprint density at radius 2 is 2.05 bits per heavy atom. The number of aliphatic hydroxyl groups is 1. The molecule has 22 heavy (non-hydrogen) atoms. The van der Waals surface area contributed by atoms with Crippen LogP contribution in [0.1, 0.15) is 23.0 Å². The number of ketones is 1. The molecule has 0 spiro atoms. The highest BCUT2D eigenvalue weighted by molar-refractivity contribution is 7.20. The van der Waals surface area contributed by atoms with Gasteiger partial charge in [-0.2, -0.15) is 0 Å². The van der Waals surface area contributed by atoms with Crippen LogP contribution in [0.4, 0.5) is 5.69 Å². The third kappa shape index (κ3) is 3.05. The first-order chi connectivity index (χ1) is 10.3. The second-order valence-corrected chi connectivity index (χ2v) is 6.21. The first-order valence-electron chi connectivity index (χ1n) is 6.57. The molecule has 0 fully saturated rings. The molecule has 1 unspecified atom stereocenters. The molecule has 118 valence electrons. The number of benzene rings is 1. The summed E-state index contributed by atoms with van der Waals surface area (Å²) in [6, 6.07) is 5.36. The highest BCUT2D eigenvalue weighted by atomic mass is 32.1. The summed E-state index contributed by atoms with van der Waals surface area (Å²) in [6.45, 7) is 1.11. The van der Waals surface area contributed by atoms with E-state index in [9.17, 15) is 14.7 Å². The van der Waals surface area contributed by atoms with Crippen LogP contribution in [0.15, 0.2) is 18.2 Å². The standard InChI is InChI=1S/C15H17NO5S/c1-15(20,14(18)19)7-10(17)13-5-8-4-11(21-3)9(16-2)6-12(8)22-13/h4-6,16,20H,7H2,1-3H3,(H,18,19). The average molecular weight is 323 g/mol. The van der Waals surface area contributed by atoms with Crippen molar-refractivity contribution in [2.45, 2.75) is 18.9 Å². The first kappa shape index (κ1) is 16.3. The highest BCUT2D eigenvalue weighted by Gasteiger charge is 2.33. The molecule has 0 saturated carbocycles. The number of hydrogen-bond acceptors (Lipinski definition) is 6. The van der Waals surface area contributed by atoms with Gasteiger partial charge in [-0.15, -0.1) is 11.3 Å². The van der Waals surface area contributed by atoms with E-state index in [1.54, 1.807) is 20.2 Å². The van der Waals surface area contributed by atoms with Crippen LogP contribution < -0.4 is 10.1 Å². The van der Waals surface area contributed by atoms with E-state index in [0.717, 1.165) is 22.7 Å². The van der Waals surface area contributed by atoms with Gasteiger partial charge in [-0.25, -0.2) is 4.79 Å². The molecule has 2 rings (SSSR count). The molecule has 1 atom stereocenters. The predicted octanol–water partition coefficient (Wildman–Crippen LogP) is 2.36. The van der Waals surface area contributed by atoms with Crippen LogP contribution in [-0.2, 0) is 4.79 Å². The molecule has 0 amide bonds. The SMILES string of the molecule is CNc1cc2sc(C(=O)CC(C)(O)C(=O)O)cc2cc1OC. The molecule has 1 aromatic heterocycles. The van der Waals surface area contributed by atoms with Gasteiger partial charge in [0.25, 0.3) is 0 Å². The van der Waals surface area contributed by atoms with E-state index in [-0.39, 0.29) is 0 Å². The van der Waals surface area contributed by atoms with Crippen LogP contribution in [0.3, 0.4) is 0 Å². The zero-order chi connectivity index (χ0) is 16.5. The lowest BCUT2D eigenvalue weighted by Crippen LogP contribution is -2.37. The van der Waals surface area contributed by atoms with Crippen molar-refractivity contribution in [2.75, 3.05) is 19.5 Å². The van der Waals surface area contributed by atoms with Crippen LogP contribution in [0.25, 0.3) is 10.1 Å². The number of carboxylic acid groups (broad SMARTS) is 1. The maximum atomic E-state index is 12.2. The number of anilines is 1. The number of nitrogens with one attached hydrogen (secondary N) is 1. The summed E-state index contributed by atoms with van der Waals surface area (Å²) in [4.78, 5) is 23.5. The molecular formula is C15H17NO5S. The molecule has 0 aliphatic carbocycles. The van der Waals surface area contributed by atoms with Gasteiger partial charge in [-0.1, -0.05) is 0 Å². The van der Waals surface area contributed by atoms with E-state index in [1.165, 1.54) is 11.3 Å². The number of methoxy groups -OCH3 is 1. The van der Waals surface area contributed by atoms with Crippen molar-refractivity contribution >= 4 is 38.9 Å². The van der Waals surface area contributed by atoms with Crippen molar-refractivity contribution in [3.8, 4) is 5.75 Å². The lowest BCUT2D eigenvalue weighted by Gasteiger charge is -2.15. The smallest absolute Gasteiger partial charge is 0.335 e. The molecule has 0 aliphatic rings. The largest absolute Gasteiger partial charge is 0.495 e. The quantitative estimate of drug-likeness (QED) is 0.706. The van der Waals surface area contributed by atoms with E-state index in [4.69, 9.17) is 9.84 Å². The lowest BCUT2D eigenvalue weighted by atomic mass is 9.99. The van der Waals surface area contributed by atoms with E-state index in [1.807, 2.05) is 12.1 Å². The van der Waals surface area contributed by atoms with Crippen molar-refractivity contribution in [3.63, 3.8) is 0 Å². The van der Waals surface area contributed by atoms with Crippen LogP contribution in [0.5, 0.6) is 5.75 Å². The minimum absolute atomic E-state index is 0.404. The molecule has 0 bridgehead atoms. The summed E-state index contributed by atoms with van der Waals surface area (Å²) in [5.41, 5.74) is -1.27. The summed E-state index contributed by atoms with van der Waals surface area (Å²) in [5, 5.41) is 22.4. The Labute approximate surface area is 131 Å². The number of fused-ring (bicyclic) bond motifs is 1. The van der Waals surface area contributed by atoms with Gasteiger partial charge in [0, 0.05) is 11.7 Å². The number of ether oxygens (including phenoxy) is 1. The zero-order valence-corrected chi connectivity index (χ0v) is 13.3. The number of aliphatic carboxylic acids is 1. The summed E-state index contributed by atoms with van der Waals surface area (Å²) in [6.07, 6.45) is -0.467. The Morgan fingerprint density at radius 1 is 1.36 bits per heavy atom. The summed E-state index contributed by atoms with van der Waals surface area (Å²) in [5.74, 6) is -1.16. The van der Waals surface area contributed by atoms with Crippen LogP contribution in [-0.4, -0.2) is 41.7 Å². The lowest BCUT2D eigenvalue weighted by molar-refractivity contribution is -0.156. The zero-order valence-electron chi connectivity index (χ0n) is 12.5. The average Bonchev–Trinajstić information content (AvgIpc) is 2.87. The number of Topliss-reactive ketones (excluding diaryl/α,β-unsaturated/α-hetero) is 1. The fourth-order valence-electron chi connectivity index (χ4n) is 2.04. The third-order valence-corrected chi connectivity index (χ3v) is 4.49. The number of carbonyl (C=O) groups is 2. The Balaban J connectivity index is 2.37. The highest BCUT2D eigenvalue weighted by Crippen LogP contribution is 2.35. The summed E-state index contributed by atoms with van der Waals surface area (Å²) in [7, 11) is 3.33. The molecule has 3 N–H and O–H groups in total. The van der Waals surface area contributed by atoms with Crippen LogP contribution >= 0.6 is 11.3 Å². The first-order valence-corrected chi connectivity index (χ1v) is 7.38. The second kappa shape index (κ2) is 5.94. The molecule has 6 nitrogen and oxygen atoms in total. The molecule has 0 saturated heterocycles. The fraction of sp³-hybridized carbons (Fsp3) is 0.333. The molecule has 0 aliphatic heterocycles. The normalized spacial score (nSPS) is 13.6. The van der Waals surface area contributed by atoms with Gasteiger partial charge in [-0.05, 0) is 30.5 Å². The van der Waals surface area contributed by atoms with Crippen molar-refractivity contribution < 1.29 is 24.5 Å². The van der Waals surface area contributed by atoms with Crippen molar-refractivity contribution in [1.82, 2.24) is 0 Å². The number of thiophene rings is 1. The molecule has 0 radical (unpaired) electrons. The van der Waals surface area contributed by atoms with Gasteiger partial charge in [0.1, 0.15) is 5.75 Å². The van der Waals surface area contributed by atoms with Gasteiger partial charge in [0.05, 0.1) is 24.1 Å². The predicted molar refractivity (Wildman–Crippen MR) is 85.1 cm³/mol. The maximum absolute atomic E-state index is 12.2. The van der Waals surface area contributed by atoms with Gasteiger partial charge in [0.15, 0.2) is 11.4 Å². The van der Waals surface area contributed by atoms with Crippen molar-refractivity contribution in [2.24, 2.45) is 0 Å². The Hall–Kier alpha value is -2.12. The number of rotatable bonds is 6. The van der Waals surface area contributed by atoms with Crippen LogP contribution in [0, 0.1) is 0 Å². The van der Waals surface area contributed by atoms with Crippen LogP contribution in [0.2, 0.25) is 0 Å². The molecule has 2 aromatic rings. The fourth-order valence-corrected chi connectivity index (χ4v) is 3.06. The van der Waals surface area contributed by atoms with Crippen molar-refractivity contribution in [3.05, 3.63) is 23.1 Å². The number of carbonyl (C=O) groups excluding carboxylic acids is 1. The molecule has 7 heteroatoms. The summed E-state index contributed by atoms with van der Waals surface area (Å²) < 4.78 is 6.14. The molecular weight excluding hydrogens is 306 g/mol. The minimum atomic E-state index is -2.07. The van der Waals surface area contributed by atoms with E-state index < -0.39 is 23.8 Å². The van der Waals surface area contributed by atoms with Crippen molar-refractivity contribution in [1.29, 1.82) is 0 Å². The topological polar surface area (TPSA) is 95.9 Å². The monoisotopic (exact) mass is 323 g/mol. The Bertz CT molecular complexity index is 694. The second-order valence-electron chi connectivity index (χ2n) is 5.13. The van der Waals surface area contributed by atoms with E-state index in [0.29, 0.717) is 10.6 Å². The van der Waals surface area contributed by atoms with E-state index in [2.05, 4.69) is 5.32 Å². The van der Waals surface area contributed by atoms with Gasteiger partial charge in [-0.3, -0.25) is 4.79 Å². The maximum Gasteiger partial charge on any atom is 0.335 e.